The van der Waals surface area contributed by atoms with Crippen LogP contribution >= 0.6 is 0 Å². The number of fused-ring (bicyclic) bond motifs is 3. The van der Waals surface area contributed by atoms with Gasteiger partial charge in [-0.3, -0.25) is 0 Å². The molecule has 268 valence electrons. The highest BCUT2D eigenvalue weighted by Crippen LogP contribution is 2.40. The van der Waals surface area contributed by atoms with E-state index in [9.17, 15) is 0 Å². The Labute approximate surface area is 335 Å². The highest BCUT2D eigenvalue weighted by Gasteiger charge is 2.35. The molecule has 9 aromatic carbocycles. The normalized spacial score (nSPS) is 11.5. The molecule has 1 aliphatic rings. The lowest BCUT2D eigenvalue weighted by molar-refractivity contribution is 1.25. The number of rotatable bonds is 9. The minimum Gasteiger partial charge on any atom is -0.310 e. The fourth-order valence-electron chi connectivity index (χ4n) is 8.48. The molecule has 2 nitrogen and oxygen atoms in total. The van der Waals surface area contributed by atoms with Crippen molar-refractivity contribution in [1.29, 1.82) is 0 Å². The highest BCUT2D eigenvalue weighted by atomic mass is 15.2. The summed E-state index contributed by atoms with van der Waals surface area (Å²) in [5, 5.41) is 0. The second kappa shape index (κ2) is 15.1. The SMILES string of the molecule is c1ccc(-c2ccc3c(c2)-c2cc(-c4ccccc4)ccc2B3c2cc(N(c3ccccc3)c3ccccc3)cc(N(c3ccccc3)c3ccccc3)c2)cc1. The number of benzene rings is 9. The number of hydrogen-bond acceptors (Lipinski definition) is 2. The van der Waals surface area contributed by atoms with Gasteiger partial charge in [0.05, 0.1) is 0 Å². The molecule has 0 unspecified atom stereocenters. The number of hydrogen-bond donors (Lipinski definition) is 0. The van der Waals surface area contributed by atoms with Crippen LogP contribution in [0.3, 0.4) is 0 Å². The molecule has 57 heavy (non-hydrogen) atoms. The Morgan fingerprint density at radius 1 is 0.246 bits per heavy atom. The lowest BCUT2D eigenvalue weighted by Crippen LogP contribution is -2.49. The second-order valence-corrected chi connectivity index (χ2v) is 14.6. The third-order valence-electron chi connectivity index (χ3n) is 11.1. The lowest BCUT2D eigenvalue weighted by atomic mass is 9.39. The summed E-state index contributed by atoms with van der Waals surface area (Å²) in [5.41, 5.74) is 17.9. The van der Waals surface area contributed by atoms with Crippen LogP contribution in [0.2, 0.25) is 0 Å². The molecular weight excluding hydrogens is 687 g/mol. The van der Waals surface area contributed by atoms with E-state index in [0.29, 0.717) is 0 Å². The van der Waals surface area contributed by atoms with Crippen molar-refractivity contribution >= 4 is 57.2 Å². The molecule has 0 amide bonds. The molecule has 0 atom stereocenters. The van der Waals surface area contributed by atoms with Crippen molar-refractivity contribution in [3.63, 3.8) is 0 Å². The Morgan fingerprint density at radius 3 is 0.895 bits per heavy atom. The standard InChI is InChI=1S/C54H39BN2/c1-7-19-40(20-8-1)42-31-33-53-51(35-42)52-36-43(41-21-9-2-10-22-41)32-34-54(52)55(53)44-37-49(56(45-23-11-3-12-24-45)46-25-13-4-14-26-46)39-50(38-44)57(47-27-15-5-16-28-47)48-29-17-6-18-30-48/h1-39H. The maximum Gasteiger partial charge on any atom is 0.243 e. The largest absolute Gasteiger partial charge is 0.310 e. The van der Waals surface area contributed by atoms with E-state index in [1.54, 1.807) is 0 Å². The predicted molar refractivity (Wildman–Crippen MR) is 243 cm³/mol. The third-order valence-corrected chi connectivity index (χ3v) is 11.1. The van der Waals surface area contributed by atoms with Crippen LogP contribution in [0.25, 0.3) is 33.4 Å². The first-order valence-electron chi connectivity index (χ1n) is 19.6. The van der Waals surface area contributed by atoms with Gasteiger partial charge in [-0.25, -0.2) is 0 Å². The van der Waals surface area contributed by atoms with E-state index in [-0.39, 0.29) is 6.71 Å². The number of para-hydroxylation sites is 4. The summed E-state index contributed by atoms with van der Waals surface area (Å²) in [6.07, 6.45) is 0. The van der Waals surface area contributed by atoms with Gasteiger partial charge in [-0.1, -0.05) is 174 Å². The van der Waals surface area contributed by atoms with E-state index < -0.39 is 0 Å². The average Bonchev–Trinajstić information content (AvgIpc) is 3.62. The van der Waals surface area contributed by atoms with Gasteiger partial charge in [-0.05, 0) is 112 Å². The zero-order valence-electron chi connectivity index (χ0n) is 31.5. The fraction of sp³-hybridized carbons (Fsp3) is 0. The van der Waals surface area contributed by atoms with Crippen molar-refractivity contribution in [2.75, 3.05) is 9.80 Å². The first kappa shape index (κ1) is 34.2. The molecule has 10 rings (SSSR count). The summed E-state index contributed by atoms with van der Waals surface area (Å²) in [6, 6.07) is 85.7. The van der Waals surface area contributed by atoms with Gasteiger partial charge in [0, 0.05) is 34.1 Å². The van der Waals surface area contributed by atoms with Gasteiger partial charge in [0.25, 0.3) is 0 Å². The topological polar surface area (TPSA) is 6.48 Å². The Morgan fingerprint density at radius 2 is 0.561 bits per heavy atom. The number of anilines is 6. The molecule has 0 radical (unpaired) electrons. The zero-order valence-corrected chi connectivity index (χ0v) is 31.5. The number of nitrogens with zero attached hydrogens (tertiary/aromatic N) is 2. The summed E-state index contributed by atoms with van der Waals surface area (Å²) in [7, 11) is 0. The molecule has 0 aliphatic carbocycles. The van der Waals surface area contributed by atoms with Crippen LogP contribution in [0, 0.1) is 0 Å². The van der Waals surface area contributed by atoms with Crippen LogP contribution < -0.4 is 26.2 Å². The molecule has 0 saturated heterocycles. The molecule has 3 heteroatoms. The summed E-state index contributed by atoms with van der Waals surface area (Å²) in [4.78, 5) is 4.77. The second-order valence-electron chi connectivity index (χ2n) is 14.6. The van der Waals surface area contributed by atoms with E-state index >= 15 is 0 Å². The van der Waals surface area contributed by atoms with Gasteiger partial charge >= 0.3 is 0 Å². The summed E-state index contributed by atoms with van der Waals surface area (Å²) in [5.74, 6) is 0. The minimum absolute atomic E-state index is 0.00476. The van der Waals surface area contributed by atoms with Crippen LogP contribution in [0.4, 0.5) is 34.1 Å². The van der Waals surface area contributed by atoms with Gasteiger partial charge in [0.15, 0.2) is 0 Å². The van der Waals surface area contributed by atoms with E-state index in [1.165, 1.54) is 49.8 Å². The lowest BCUT2D eigenvalue weighted by Gasteiger charge is -2.31. The van der Waals surface area contributed by atoms with Gasteiger partial charge in [-0.2, -0.15) is 0 Å². The molecule has 0 saturated carbocycles. The van der Waals surface area contributed by atoms with Crippen molar-refractivity contribution in [1.82, 2.24) is 0 Å². The molecule has 1 aliphatic heterocycles. The van der Waals surface area contributed by atoms with Crippen LogP contribution in [0.15, 0.2) is 237 Å². The van der Waals surface area contributed by atoms with Crippen LogP contribution in [-0.4, -0.2) is 6.71 Å². The van der Waals surface area contributed by atoms with E-state index in [4.69, 9.17) is 0 Å². The minimum atomic E-state index is 0.00476. The van der Waals surface area contributed by atoms with Crippen molar-refractivity contribution in [2.45, 2.75) is 0 Å². The van der Waals surface area contributed by atoms with Crippen LogP contribution in [0.1, 0.15) is 0 Å². The Balaban J connectivity index is 1.24. The smallest absolute Gasteiger partial charge is 0.243 e. The van der Waals surface area contributed by atoms with Crippen molar-refractivity contribution in [3.05, 3.63) is 237 Å². The molecule has 0 fully saturated rings. The van der Waals surface area contributed by atoms with Crippen molar-refractivity contribution < 1.29 is 0 Å². The highest BCUT2D eigenvalue weighted by molar-refractivity contribution is 6.99. The van der Waals surface area contributed by atoms with Gasteiger partial charge in [0.2, 0.25) is 6.71 Å². The van der Waals surface area contributed by atoms with Crippen LogP contribution in [0.5, 0.6) is 0 Å². The van der Waals surface area contributed by atoms with Crippen molar-refractivity contribution in [3.8, 4) is 33.4 Å². The van der Waals surface area contributed by atoms with E-state index in [1.807, 2.05) is 0 Å². The summed E-state index contributed by atoms with van der Waals surface area (Å²) in [6.45, 7) is 0.00476. The van der Waals surface area contributed by atoms with Crippen molar-refractivity contribution in [2.24, 2.45) is 0 Å². The molecule has 0 bridgehead atoms. The predicted octanol–water partition coefficient (Wildman–Crippen LogP) is 12.5. The summed E-state index contributed by atoms with van der Waals surface area (Å²) < 4.78 is 0. The van der Waals surface area contributed by atoms with E-state index in [0.717, 1.165) is 34.1 Å². The average molecular weight is 727 g/mol. The zero-order chi connectivity index (χ0) is 38.0. The molecule has 0 aromatic heterocycles. The molecule has 9 aromatic rings. The molecule has 0 N–H and O–H groups in total. The Kier molecular flexibility index (Phi) is 9.02. The maximum atomic E-state index is 2.41. The molecule has 1 heterocycles. The third kappa shape index (κ3) is 6.60. The fourth-order valence-corrected chi connectivity index (χ4v) is 8.48. The molecule has 0 spiro atoms. The first-order valence-corrected chi connectivity index (χ1v) is 19.6. The Hall–Kier alpha value is -7.36. The van der Waals surface area contributed by atoms with Gasteiger partial charge < -0.3 is 9.80 Å². The van der Waals surface area contributed by atoms with Gasteiger partial charge in [0.1, 0.15) is 0 Å². The van der Waals surface area contributed by atoms with Gasteiger partial charge in [-0.15, -0.1) is 0 Å². The van der Waals surface area contributed by atoms with E-state index in [2.05, 4.69) is 246 Å². The quantitative estimate of drug-likeness (QED) is 0.137. The maximum absolute atomic E-state index is 2.41. The monoisotopic (exact) mass is 726 g/mol. The molecular formula is C54H39BN2. The van der Waals surface area contributed by atoms with Crippen LogP contribution in [-0.2, 0) is 0 Å². The Bertz CT molecular complexity index is 2510. The summed E-state index contributed by atoms with van der Waals surface area (Å²) >= 11 is 0. The first-order chi connectivity index (χ1) is 28.3.